The van der Waals surface area contributed by atoms with Crippen molar-refractivity contribution in [3.05, 3.63) is 48.3 Å². The highest BCUT2D eigenvalue weighted by Crippen LogP contribution is 2.16. The first-order valence-corrected chi connectivity index (χ1v) is 8.86. The summed E-state index contributed by atoms with van der Waals surface area (Å²) >= 11 is 0. The standard InChI is InChI=1S/C20H27N3O3/c1-4-5-13-23(2)16-6-11-19(22-15-16)20(24)21-12-14-26-18-9-7-17(25-3)8-10-18/h6-11,15H,4-5,12-14H2,1-3H3,(H,21,24). The number of aromatic nitrogens is 1. The molecular formula is C20H27N3O3. The van der Waals surface area contributed by atoms with E-state index < -0.39 is 0 Å². The molecule has 0 saturated carbocycles. The molecular weight excluding hydrogens is 330 g/mol. The summed E-state index contributed by atoms with van der Waals surface area (Å²) in [6.07, 6.45) is 4.02. The van der Waals surface area contributed by atoms with Gasteiger partial charge in [-0.05, 0) is 42.8 Å². The van der Waals surface area contributed by atoms with E-state index in [1.54, 1.807) is 19.4 Å². The number of carbonyl (C=O) groups is 1. The molecule has 0 aliphatic carbocycles. The van der Waals surface area contributed by atoms with E-state index in [1.807, 2.05) is 37.4 Å². The van der Waals surface area contributed by atoms with Gasteiger partial charge in [0.2, 0.25) is 0 Å². The van der Waals surface area contributed by atoms with E-state index in [0.717, 1.165) is 36.6 Å². The number of carbonyl (C=O) groups excluding carboxylic acids is 1. The first-order valence-electron chi connectivity index (χ1n) is 8.86. The van der Waals surface area contributed by atoms with Gasteiger partial charge in [0.25, 0.3) is 5.91 Å². The van der Waals surface area contributed by atoms with E-state index in [0.29, 0.717) is 18.8 Å². The summed E-state index contributed by atoms with van der Waals surface area (Å²) in [5, 5.41) is 2.81. The van der Waals surface area contributed by atoms with Gasteiger partial charge in [-0.3, -0.25) is 4.79 Å². The van der Waals surface area contributed by atoms with Crippen LogP contribution < -0.4 is 19.7 Å². The quantitative estimate of drug-likeness (QED) is 0.662. The summed E-state index contributed by atoms with van der Waals surface area (Å²) in [7, 11) is 3.65. The topological polar surface area (TPSA) is 63.7 Å². The molecule has 0 fully saturated rings. The Bertz CT molecular complexity index is 672. The van der Waals surface area contributed by atoms with Crippen LogP contribution in [0.3, 0.4) is 0 Å². The number of ether oxygens (including phenoxy) is 2. The molecule has 6 nitrogen and oxygen atoms in total. The van der Waals surface area contributed by atoms with E-state index in [1.165, 1.54) is 0 Å². The monoisotopic (exact) mass is 357 g/mol. The Hall–Kier alpha value is -2.76. The van der Waals surface area contributed by atoms with Crippen molar-refractivity contribution in [2.24, 2.45) is 0 Å². The van der Waals surface area contributed by atoms with Crippen LogP contribution in [-0.4, -0.2) is 44.7 Å². The maximum Gasteiger partial charge on any atom is 0.269 e. The average Bonchev–Trinajstić information content (AvgIpc) is 2.69. The number of nitrogens with one attached hydrogen (secondary N) is 1. The number of hydrogen-bond donors (Lipinski definition) is 1. The third kappa shape index (κ3) is 5.95. The zero-order valence-corrected chi connectivity index (χ0v) is 15.7. The normalized spacial score (nSPS) is 10.3. The zero-order chi connectivity index (χ0) is 18.8. The molecule has 0 spiro atoms. The van der Waals surface area contributed by atoms with Crippen molar-refractivity contribution >= 4 is 11.6 Å². The summed E-state index contributed by atoms with van der Waals surface area (Å²) in [6.45, 7) is 3.94. The number of methoxy groups -OCH3 is 1. The van der Waals surface area contributed by atoms with E-state index in [2.05, 4.69) is 22.1 Å². The molecule has 0 aliphatic rings. The van der Waals surface area contributed by atoms with E-state index >= 15 is 0 Å². The summed E-state index contributed by atoms with van der Waals surface area (Å²) in [4.78, 5) is 18.5. The molecule has 140 valence electrons. The predicted molar refractivity (Wildman–Crippen MR) is 103 cm³/mol. The van der Waals surface area contributed by atoms with Gasteiger partial charge in [-0.15, -0.1) is 0 Å². The van der Waals surface area contributed by atoms with E-state index in [4.69, 9.17) is 9.47 Å². The average molecular weight is 357 g/mol. The van der Waals surface area contributed by atoms with Gasteiger partial charge in [0.15, 0.2) is 0 Å². The predicted octanol–water partition coefficient (Wildman–Crippen LogP) is 3.14. The van der Waals surface area contributed by atoms with Crippen LogP contribution in [0, 0.1) is 0 Å². The van der Waals surface area contributed by atoms with Gasteiger partial charge in [-0.1, -0.05) is 13.3 Å². The molecule has 0 radical (unpaired) electrons. The van der Waals surface area contributed by atoms with Crippen LogP contribution in [0.4, 0.5) is 5.69 Å². The molecule has 1 aromatic heterocycles. The summed E-state index contributed by atoms with van der Waals surface area (Å²) in [6, 6.07) is 11.0. The minimum atomic E-state index is -0.203. The second-order valence-corrected chi connectivity index (χ2v) is 5.96. The Morgan fingerprint density at radius 3 is 2.50 bits per heavy atom. The van der Waals surface area contributed by atoms with Gasteiger partial charge < -0.3 is 19.7 Å². The van der Waals surface area contributed by atoms with Crippen LogP contribution in [-0.2, 0) is 0 Å². The first kappa shape index (κ1) is 19.6. The van der Waals surface area contributed by atoms with Crippen LogP contribution in [0.25, 0.3) is 0 Å². The molecule has 2 aromatic rings. The number of amides is 1. The van der Waals surface area contributed by atoms with E-state index in [9.17, 15) is 4.79 Å². The van der Waals surface area contributed by atoms with Gasteiger partial charge in [0, 0.05) is 13.6 Å². The SMILES string of the molecule is CCCCN(C)c1ccc(C(=O)NCCOc2ccc(OC)cc2)nc1. The molecule has 1 aromatic carbocycles. The second-order valence-electron chi connectivity index (χ2n) is 5.96. The molecule has 1 heterocycles. The van der Waals surface area contributed by atoms with E-state index in [-0.39, 0.29) is 5.91 Å². The maximum atomic E-state index is 12.1. The Labute approximate surface area is 155 Å². The minimum Gasteiger partial charge on any atom is -0.497 e. The maximum absolute atomic E-state index is 12.1. The first-order chi connectivity index (χ1) is 12.6. The molecule has 1 amide bonds. The highest BCUT2D eigenvalue weighted by Gasteiger charge is 2.08. The van der Waals surface area contributed by atoms with Crippen molar-refractivity contribution in [2.45, 2.75) is 19.8 Å². The highest BCUT2D eigenvalue weighted by atomic mass is 16.5. The summed E-state index contributed by atoms with van der Waals surface area (Å²) in [5.41, 5.74) is 1.42. The van der Waals surface area contributed by atoms with Crippen molar-refractivity contribution in [1.82, 2.24) is 10.3 Å². The fraction of sp³-hybridized carbons (Fsp3) is 0.400. The second kappa shape index (κ2) is 10.3. The number of nitrogens with zero attached hydrogens (tertiary/aromatic N) is 2. The Morgan fingerprint density at radius 2 is 1.88 bits per heavy atom. The molecule has 6 heteroatoms. The number of benzene rings is 1. The fourth-order valence-electron chi connectivity index (χ4n) is 2.37. The van der Waals surface area contributed by atoms with Gasteiger partial charge in [-0.25, -0.2) is 4.98 Å². The number of rotatable bonds is 10. The molecule has 0 saturated heterocycles. The lowest BCUT2D eigenvalue weighted by Gasteiger charge is -2.18. The molecule has 0 aliphatic heterocycles. The molecule has 2 rings (SSSR count). The number of anilines is 1. The minimum absolute atomic E-state index is 0.203. The Kier molecular flexibility index (Phi) is 7.74. The lowest BCUT2D eigenvalue weighted by molar-refractivity contribution is 0.0942. The van der Waals surface area contributed by atoms with Crippen molar-refractivity contribution in [1.29, 1.82) is 0 Å². The zero-order valence-electron chi connectivity index (χ0n) is 15.7. The van der Waals surface area contributed by atoms with Gasteiger partial charge >= 0.3 is 0 Å². The third-order valence-electron chi connectivity index (χ3n) is 3.98. The van der Waals surface area contributed by atoms with Crippen LogP contribution in [0.5, 0.6) is 11.5 Å². The van der Waals surface area contributed by atoms with Crippen LogP contribution >= 0.6 is 0 Å². The molecule has 1 N–H and O–H groups in total. The van der Waals surface area contributed by atoms with Gasteiger partial charge in [0.05, 0.1) is 25.5 Å². The highest BCUT2D eigenvalue weighted by molar-refractivity contribution is 5.92. The fourth-order valence-corrected chi connectivity index (χ4v) is 2.37. The summed E-state index contributed by atoms with van der Waals surface area (Å²) in [5.74, 6) is 1.31. The van der Waals surface area contributed by atoms with Crippen molar-refractivity contribution in [2.75, 3.05) is 38.8 Å². The lowest BCUT2D eigenvalue weighted by atomic mass is 10.2. The van der Waals surface area contributed by atoms with Crippen molar-refractivity contribution in [3.63, 3.8) is 0 Å². The Morgan fingerprint density at radius 1 is 1.15 bits per heavy atom. The molecule has 0 atom stereocenters. The van der Waals surface area contributed by atoms with Crippen molar-refractivity contribution in [3.8, 4) is 11.5 Å². The van der Waals surface area contributed by atoms with Gasteiger partial charge in [-0.2, -0.15) is 0 Å². The van der Waals surface area contributed by atoms with Crippen LogP contribution in [0.15, 0.2) is 42.6 Å². The third-order valence-corrected chi connectivity index (χ3v) is 3.98. The molecule has 26 heavy (non-hydrogen) atoms. The number of pyridine rings is 1. The Balaban J connectivity index is 1.74. The lowest BCUT2D eigenvalue weighted by Crippen LogP contribution is -2.29. The number of unbranched alkanes of at least 4 members (excludes halogenated alkanes) is 1. The van der Waals surface area contributed by atoms with Crippen LogP contribution in [0.1, 0.15) is 30.3 Å². The van der Waals surface area contributed by atoms with Crippen molar-refractivity contribution < 1.29 is 14.3 Å². The smallest absolute Gasteiger partial charge is 0.269 e. The largest absolute Gasteiger partial charge is 0.497 e. The van der Waals surface area contributed by atoms with Gasteiger partial charge in [0.1, 0.15) is 23.8 Å². The number of hydrogen-bond acceptors (Lipinski definition) is 5. The molecule has 0 unspecified atom stereocenters. The molecule has 0 bridgehead atoms. The summed E-state index contributed by atoms with van der Waals surface area (Å²) < 4.78 is 10.7. The van der Waals surface area contributed by atoms with Crippen LogP contribution in [0.2, 0.25) is 0 Å².